The number of hydrogen-bond acceptors (Lipinski definition) is 3. The number of carbonyl (C=O) groups is 1. The third-order valence-corrected chi connectivity index (χ3v) is 3.75. The van der Waals surface area contributed by atoms with Crippen LogP contribution in [0.25, 0.3) is 0 Å². The second-order valence-electron chi connectivity index (χ2n) is 4.52. The van der Waals surface area contributed by atoms with Gasteiger partial charge in [0.1, 0.15) is 11.9 Å². The highest BCUT2D eigenvalue weighted by Crippen LogP contribution is 2.32. The van der Waals surface area contributed by atoms with Crippen LogP contribution in [0.1, 0.15) is 36.5 Å². The fraction of sp³-hybridized carbons (Fsp3) is 0.400. The minimum Gasteiger partial charge on any atom is -0.485 e. The van der Waals surface area contributed by atoms with Crippen molar-refractivity contribution in [1.82, 2.24) is 0 Å². The summed E-state index contributed by atoms with van der Waals surface area (Å²) in [5.74, 6) is 0.418. The van der Waals surface area contributed by atoms with E-state index in [4.69, 9.17) is 9.47 Å². The molecule has 0 bridgehead atoms. The first-order valence-corrected chi connectivity index (χ1v) is 7.22. The molecule has 0 saturated heterocycles. The van der Waals surface area contributed by atoms with E-state index in [9.17, 15) is 4.79 Å². The quantitative estimate of drug-likeness (QED) is 0.617. The molecule has 1 aliphatic rings. The van der Waals surface area contributed by atoms with Gasteiger partial charge in [0.15, 0.2) is 0 Å². The van der Waals surface area contributed by atoms with Gasteiger partial charge >= 0.3 is 5.97 Å². The Bertz CT molecular complexity index is 496. The average Bonchev–Trinajstić information content (AvgIpc) is 2.78. The molecular weight excluding hydrogens is 308 g/mol. The summed E-state index contributed by atoms with van der Waals surface area (Å²) in [6.45, 7) is 6.18. The van der Waals surface area contributed by atoms with E-state index in [2.05, 4.69) is 22.5 Å². The van der Waals surface area contributed by atoms with Crippen LogP contribution in [0, 0.1) is 0 Å². The van der Waals surface area contributed by atoms with Crippen LogP contribution in [-0.4, -0.2) is 18.7 Å². The van der Waals surface area contributed by atoms with Gasteiger partial charge in [-0.2, -0.15) is 0 Å². The van der Waals surface area contributed by atoms with Crippen LogP contribution in [0.3, 0.4) is 0 Å². The molecule has 1 aliphatic carbocycles. The van der Waals surface area contributed by atoms with Crippen LogP contribution >= 0.6 is 15.9 Å². The first-order valence-electron chi connectivity index (χ1n) is 6.42. The molecule has 1 atom stereocenters. The Kier molecular flexibility index (Phi) is 4.64. The van der Waals surface area contributed by atoms with Crippen LogP contribution in [0.2, 0.25) is 0 Å². The average molecular weight is 325 g/mol. The SMILES string of the molecule is C=C1CCCC1Oc1ccc(C(=O)OCC)cc1Br. The van der Waals surface area contributed by atoms with Gasteiger partial charge in [0.2, 0.25) is 0 Å². The van der Waals surface area contributed by atoms with E-state index in [1.165, 1.54) is 0 Å². The Morgan fingerprint density at radius 1 is 1.53 bits per heavy atom. The number of halogens is 1. The van der Waals surface area contributed by atoms with Gasteiger partial charge in [-0.25, -0.2) is 4.79 Å². The molecule has 0 heterocycles. The predicted octanol–water partition coefficient (Wildman–Crippen LogP) is 4.11. The Morgan fingerprint density at radius 2 is 2.32 bits per heavy atom. The van der Waals surface area contributed by atoms with Crippen molar-refractivity contribution in [2.45, 2.75) is 32.3 Å². The maximum absolute atomic E-state index is 11.6. The minimum atomic E-state index is -0.319. The van der Waals surface area contributed by atoms with Crippen LogP contribution in [0.4, 0.5) is 0 Å². The van der Waals surface area contributed by atoms with Crippen molar-refractivity contribution in [3.05, 3.63) is 40.4 Å². The van der Waals surface area contributed by atoms with Crippen LogP contribution in [0.5, 0.6) is 5.75 Å². The summed E-state index contributed by atoms with van der Waals surface area (Å²) in [4.78, 5) is 11.6. The number of rotatable bonds is 4. The first kappa shape index (κ1) is 14.1. The number of ether oxygens (including phenoxy) is 2. The lowest BCUT2D eigenvalue weighted by Gasteiger charge is -2.16. The topological polar surface area (TPSA) is 35.5 Å². The number of hydrogen-bond donors (Lipinski definition) is 0. The predicted molar refractivity (Wildman–Crippen MR) is 77.5 cm³/mol. The lowest BCUT2D eigenvalue weighted by atomic mass is 10.2. The second kappa shape index (κ2) is 6.24. The van der Waals surface area contributed by atoms with E-state index in [1.807, 2.05) is 0 Å². The fourth-order valence-electron chi connectivity index (χ4n) is 2.11. The molecule has 0 aliphatic heterocycles. The van der Waals surface area contributed by atoms with E-state index in [0.717, 1.165) is 35.1 Å². The van der Waals surface area contributed by atoms with Crippen molar-refractivity contribution >= 4 is 21.9 Å². The van der Waals surface area contributed by atoms with Crippen molar-refractivity contribution in [3.8, 4) is 5.75 Å². The Labute approximate surface area is 121 Å². The van der Waals surface area contributed by atoms with Gasteiger partial charge in [-0.1, -0.05) is 6.58 Å². The van der Waals surface area contributed by atoms with Crippen molar-refractivity contribution in [3.63, 3.8) is 0 Å². The monoisotopic (exact) mass is 324 g/mol. The molecule has 4 heteroatoms. The van der Waals surface area contributed by atoms with Crippen LogP contribution in [-0.2, 0) is 4.74 Å². The zero-order chi connectivity index (χ0) is 13.8. The van der Waals surface area contributed by atoms with Gasteiger partial charge in [0, 0.05) is 0 Å². The van der Waals surface area contributed by atoms with Crippen molar-refractivity contribution < 1.29 is 14.3 Å². The van der Waals surface area contributed by atoms with Gasteiger partial charge in [0.05, 0.1) is 16.6 Å². The minimum absolute atomic E-state index is 0.0877. The van der Waals surface area contributed by atoms with Crippen molar-refractivity contribution in [1.29, 1.82) is 0 Å². The van der Waals surface area contributed by atoms with Crippen molar-refractivity contribution in [2.24, 2.45) is 0 Å². The summed E-state index contributed by atoms with van der Waals surface area (Å²) in [5.41, 5.74) is 1.66. The van der Waals surface area contributed by atoms with E-state index in [-0.39, 0.29) is 12.1 Å². The number of benzene rings is 1. The summed E-state index contributed by atoms with van der Waals surface area (Å²) >= 11 is 3.43. The molecule has 0 spiro atoms. The molecule has 19 heavy (non-hydrogen) atoms. The molecule has 1 unspecified atom stereocenters. The number of carbonyl (C=O) groups excluding carboxylic acids is 1. The normalized spacial score (nSPS) is 18.4. The Balaban J connectivity index is 2.10. The lowest BCUT2D eigenvalue weighted by Crippen LogP contribution is -2.13. The molecule has 1 aromatic rings. The Hall–Kier alpha value is -1.29. The molecule has 1 fully saturated rings. The molecule has 1 saturated carbocycles. The zero-order valence-electron chi connectivity index (χ0n) is 10.9. The van der Waals surface area contributed by atoms with E-state index >= 15 is 0 Å². The standard InChI is InChI=1S/C15H17BrO3/c1-3-18-15(17)11-7-8-14(12(16)9-11)19-13-6-4-5-10(13)2/h7-9,13H,2-6H2,1H3. The third kappa shape index (κ3) is 3.38. The summed E-state index contributed by atoms with van der Waals surface area (Å²) < 4.78 is 11.6. The number of esters is 1. The van der Waals surface area contributed by atoms with Gasteiger partial charge in [-0.3, -0.25) is 0 Å². The molecule has 0 radical (unpaired) electrons. The highest BCUT2D eigenvalue weighted by atomic mass is 79.9. The summed E-state index contributed by atoms with van der Waals surface area (Å²) in [5, 5.41) is 0. The smallest absolute Gasteiger partial charge is 0.338 e. The largest absolute Gasteiger partial charge is 0.485 e. The second-order valence-corrected chi connectivity index (χ2v) is 5.38. The highest BCUT2D eigenvalue weighted by Gasteiger charge is 2.21. The van der Waals surface area contributed by atoms with Crippen LogP contribution in [0.15, 0.2) is 34.8 Å². The summed E-state index contributed by atoms with van der Waals surface area (Å²) in [6.07, 6.45) is 3.25. The third-order valence-electron chi connectivity index (χ3n) is 3.13. The van der Waals surface area contributed by atoms with Crippen molar-refractivity contribution in [2.75, 3.05) is 6.61 Å². The molecule has 3 nitrogen and oxygen atoms in total. The molecule has 0 amide bonds. The van der Waals surface area contributed by atoms with Gasteiger partial charge in [0.25, 0.3) is 0 Å². The summed E-state index contributed by atoms with van der Waals surface area (Å²) in [6, 6.07) is 5.24. The Morgan fingerprint density at radius 3 is 2.89 bits per heavy atom. The summed E-state index contributed by atoms with van der Waals surface area (Å²) in [7, 11) is 0. The molecule has 102 valence electrons. The van der Waals surface area contributed by atoms with E-state index in [0.29, 0.717) is 12.2 Å². The maximum Gasteiger partial charge on any atom is 0.338 e. The molecule has 0 aromatic heterocycles. The van der Waals surface area contributed by atoms with Gasteiger partial charge < -0.3 is 9.47 Å². The lowest BCUT2D eigenvalue weighted by molar-refractivity contribution is 0.0526. The van der Waals surface area contributed by atoms with E-state index in [1.54, 1.807) is 25.1 Å². The molecular formula is C15H17BrO3. The fourth-order valence-corrected chi connectivity index (χ4v) is 2.59. The molecule has 2 rings (SSSR count). The molecule has 0 N–H and O–H groups in total. The zero-order valence-corrected chi connectivity index (χ0v) is 12.5. The highest BCUT2D eigenvalue weighted by molar-refractivity contribution is 9.10. The van der Waals surface area contributed by atoms with Gasteiger partial charge in [-0.15, -0.1) is 0 Å². The maximum atomic E-state index is 11.6. The van der Waals surface area contributed by atoms with E-state index < -0.39 is 0 Å². The molecule has 1 aromatic carbocycles. The van der Waals surface area contributed by atoms with Gasteiger partial charge in [-0.05, 0) is 65.9 Å². The van der Waals surface area contributed by atoms with Crippen LogP contribution < -0.4 is 4.74 Å². The first-order chi connectivity index (χ1) is 9.11.